The first-order chi connectivity index (χ1) is 12.0. The van der Waals surface area contributed by atoms with Crippen LogP contribution in [0.5, 0.6) is 10.8 Å². The Bertz CT molecular complexity index is 936. The van der Waals surface area contributed by atoms with Crippen LogP contribution in [0.25, 0.3) is 10.9 Å². The molecule has 0 saturated heterocycles. The van der Waals surface area contributed by atoms with Crippen LogP contribution in [0.1, 0.15) is 18.1 Å². The molecule has 4 nitrogen and oxygen atoms in total. The van der Waals surface area contributed by atoms with Gasteiger partial charge in [-0.15, -0.1) is 0 Å². The molecule has 0 saturated carbocycles. The molecule has 0 aliphatic carbocycles. The Kier molecular flexibility index (Phi) is 5.25. The molecule has 0 fully saturated rings. The maximum absolute atomic E-state index is 6.31. The molecule has 0 atom stereocenters. The lowest BCUT2D eigenvalue weighted by Crippen LogP contribution is -2.14. The van der Waals surface area contributed by atoms with Gasteiger partial charge >= 0.3 is 0 Å². The van der Waals surface area contributed by atoms with E-state index in [0.717, 1.165) is 40.0 Å². The molecule has 0 aliphatic rings. The summed E-state index contributed by atoms with van der Waals surface area (Å²) in [4.78, 5) is 6.59. The van der Waals surface area contributed by atoms with Gasteiger partial charge in [-0.3, -0.25) is 0 Å². The van der Waals surface area contributed by atoms with Crippen molar-refractivity contribution in [1.29, 1.82) is 0 Å². The summed E-state index contributed by atoms with van der Waals surface area (Å²) in [5.74, 6) is 0.797. The van der Waals surface area contributed by atoms with Crippen LogP contribution in [0, 0.1) is 13.8 Å². The molecular formula is C19H20ClN3OS. The first-order valence-corrected chi connectivity index (χ1v) is 9.22. The van der Waals surface area contributed by atoms with Crippen molar-refractivity contribution in [3.8, 4) is 10.8 Å². The summed E-state index contributed by atoms with van der Waals surface area (Å²) in [5, 5.41) is 2.22. The van der Waals surface area contributed by atoms with Crippen molar-refractivity contribution in [3.05, 3.63) is 46.5 Å². The number of hydrogen-bond donors (Lipinski definition) is 0. The summed E-state index contributed by atoms with van der Waals surface area (Å²) >= 11 is 7.63. The molecule has 0 bridgehead atoms. The van der Waals surface area contributed by atoms with Gasteiger partial charge in [-0.1, -0.05) is 17.7 Å². The first-order valence-electron chi connectivity index (χ1n) is 8.07. The van der Waals surface area contributed by atoms with Crippen molar-refractivity contribution in [2.45, 2.75) is 20.8 Å². The third-order valence-corrected chi connectivity index (χ3v) is 5.07. The lowest BCUT2D eigenvalue weighted by atomic mass is 10.1. The third kappa shape index (κ3) is 3.78. The van der Waals surface area contributed by atoms with E-state index in [2.05, 4.69) is 16.3 Å². The average molecular weight is 374 g/mol. The van der Waals surface area contributed by atoms with Crippen LogP contribution in [0.3, 0.4) is 0 Å². The number of aliphatic imine (C=N–C) groups is 1. The lowest BCUT2D eigenvalue weighted by Gasteiger charge is -2.12. The van der Waals surface area contributed by atoms with Gasteiger partial charge in [-0.25, -0.2) is 4.99 Å². The fraction of sp³-hybridized carbons (Fsp3) is 0.263. The van der Waals surface area contributed by atoms with E-state index in [1.165, 1.54) is 11.5 Å². The molecule has 1 heterocycles. The van der Waals surface area contributed by atoms with Crippen LogP contribution in [0.4, 0.5) is 5.69 Å². The number of rotatable bonds is 5. The predicted molar refractivity (Wildman–Crippen MR) is 107 cm³/mol. The van der Waals surface area contributed by atoms with Gasteiger partial charge in [-0.2, -0.15) is 4.37 Å². The average Bonchev–Trinajstić information content (AvgIpc) is 3.00. The monoisotopic (exact) mass is 373 g/mol. The standard InChI is InChI=1S/C19H20ClN3OS/c1-5-23(4)11-21-16-9-13(3)17(10-12(16)2)24-19-18-14(20)7-6-8-15(18)22-25-19/h6-11H,5H2,1-4H3/b21-11-. The molecule has 6 heteroatoms. The van der Waals surface area contributed by atoms with Crippen LogP contribution < -0.4 is 4.74 Å². The molecule has 2 aromatic carbocycles. The van der Waals surface area contributed by atoms with Gasteiger partial charge in [0, 0.05) is 25.1 Å². The molecule has 0 spiro atoms. The van der Waals surface area contributed by atoms with Crippen LogP contribution in [-0.2, 0) is 0 Å². The fourth-order valence-electron chi connectivity index (χ4n) is 2.36. The SMILES string of the molecule is CCN(C)/C=N\c1cc(C)c(Oc2snc3cccc(Cl)c23)cc1C. The largest absolute Gasteiger partial charge is 0.444 e. The number of nitrogens with zero attached hydrogens (tertiary/aromatic N) is 3. The zero-order chi connectivity index (χ0) is 18.0. The molecule has 0 radical (unpaired) electrons. The first kappa shape index (κ1) is 17.7. The van der Waals surface area contributed by atoms with Gasteiger partial charge in [0.25, 0.3) is 0 Å². The Hall–Kier alpha value is -2.11. The van der Waals surface area contributed by atoms with E-state index in [-0.39, 0.29) is 0 Å². The van der Waals surface area contributed by atoms with Crippen molar-refractivity contribution in [2.75, 3.05) is 13.6 Å². The highest BCUT2D eigenvalue weighted by molar-refractivity contribution is 7.09. The third-order valence-electron chi connectivity index (χ3n) is 4.01. The molecule has 25 heavy (non-hydrogen) atoms. The van der Waals surface area contributed by atoms with Crippen LogP contribution in [-0.4, -0.2) is 29.2 Å². The van der Waals surface area contributed by atoms with Crippen molar-refractivity contribution in [3.63, 3.8) is 0 Å². The van der Waals surface area contributed by atoms with Crippen LogP contribution in [0.15, 0.2) is 35.3 Å². The number of halogens is 1. The van der Waals surface area contributed by atoms with E-state index in [1.807, 2.05) is 62.5 Å². The number of ether oxygens (including phenoxy) is 1. The highest BCUT2D eigenvalue weighted by atomic mass is 35.5. The van der Waals surface area contributed by atoms with Gasteiger partial charge in [-0.05, 0) is 56.2 Å². The number of fused-ring (bicyclic) bond motifs is 1. The van der Waals surface area contributed by atoms with Gasteiger partial charge in [0.15, 0.2) is 0 Å². The molecule has 130 valence electrons. The van der Waals surface area contributed by atoms with Crippen molar-refractivity contribution in [1.82, 2.24) is 9.27 Å². The van der Waals surface area contributed by atoms with Crippen molar-refractivity contribution < 1.29 is 4.74 Å². The van der Waals surface area contributed by atoms with E-state index in [0.29, 0.717) is 10.1 Å². The number of hydrogen-bond acceptors (Lipinski definition) is 4. The minimum absolute atomic E-state index is 0.652. The van der Waals surface area contributed by atoms with Crippen molar-refractivity contribution >= 4 is 46.1 Å². The second kappa shape index (κ2) is 7.42. The molecular weight excluding hydrogens is 354 g/mol. The molecule has 0 aliphatic heterocycles. The quantitative estimate of drug-likeness (QED) is 0.408. The minimum Gasteiger partial charge on any atom is -0.444 e. The Labute approximate surface area is 156 Å². The summed E-state index contributed by atoms with van der Waals surface area (Å²) in [6.07, 6.45) is 1.85. The van der Waals surface area contributed by atoms with Gasteiger partial charge in [0.05, 0.1) is 28.0 Å². The van der Waals surface area contributed by atoms with E-state index >= 15 is 0 Å². The van der Waals surface area contributed by atoms with E-state index in [9.17, 15) is 0 Å². The Morgan fingerprint density at radius 2 is 2.08 bits per heavy atom. The summed E-state index contributed by atoms with van der Waals surface area (Å²) < 4.78 is 10.5. The number of aryl methyl sites for hydroxylation is 2. The zero-order valence-electron chi connectivity index (χ0n) is 14.7. The highest BCUT2D eigenvalue weighted by Gasteiger charge is 2.13. The lowest BCUT2D eigenvalue weighted by molar-refractivity contribution is 0.497. The van der Waals surface area contributed by atoms with Gasteiger partial charge < -0.3 is 9.64 Å². The Morgan fingerprint density at radius 1 is 1.28 bits per heavy atom. The molecule has 0 N–H and O–H groups in total. The summed E-state index contributed by atoms with van der Waals surface area (Å²) in [6, 6.07) is 9.73. The Balaban J connectivity index is 1.93. The zero-order valence-corrected chi connectivity index (χ0v) is 16.3. The fourth-order valence-corrected chi connectivity index (χ4v) is 3.44. The highest BCUT2D eigenvalue weighted by Crippen LogP contribution is 2.40. The number of benzene rings is 2. The maximum atomic E-state index is 6.31. The maximum Gasteiger partial charge on any atom is 0.209 e. The summed E-state index contributed by atoms with van der Waals surface area (Å²) in [7, 11) is 2.00. The van der Waals surface area contributed by atoms with Gasteiger partial charge in [0.1, 0.15) is 5.75 Å². The van der Waals surface area contributed by atoms with E-state index in [4.69, 9.17) is 16.3 Å². The smallest absolute Gasteiger partial charge is 0.209 e. The topological polar surface area (TPSA) is 37.7 Å². The van der Waals surface area contributed by atoms with E-state index < -0.39 is 0 Å². The number of aromatic nitrogens is 1. The second-order valence-electron chi connectivity index (χ2n) is 5.93. The van der Waals surface area contributed by atoms with E-state index in [1.54, 1.807) is 0 Å². The molecule has 1 aromatic heterocycles. The molecule has 0 unspecified atom stereocenters. The van der Waals surface area contributed by atoms with Crippen LogP contribution in [0.2, 0.25) is 5.02 Å². The van der Waals surface area contributed by atoms with Crippen LogP contribution >= 0.6 is 23.1 Å². The molecule has 3 aromatic rings. The predicted octanol–water partition coefficient (Wildman–Crippen LogP) is 5.97. The normalized spacial score (nSPS) is 11.4. The second-order valence-corrected chi connectivity index (χ2v) is 7.07. The van der Waals surface area contributed by atoms with Gasteiger partial charge in [0.2, 0.25) is 5.06 Å². The summed E-state index contributed by atoms with van der Waals surface area (Å²) in [5.41, 5.74) is 3.87. The molecule has 0 amide bonds. The molecule has 3 rings (SSSR count). The Morgan fingerprint density at radius 3 is 2.84 bits per heavy atom. The minimum atomic E-state index is 0.652. The van der Waals surface area contributed by atoms with Crippen molar-refractivity contribution in [2.24, 2.45) is 4.99 Å². The summed E-state index contributed by atoms with van der Waals surface area (Å²) in [6.45, 7) is 7.05.